The lowest BCUT2D eigenvalue weighted by atomic mass is 10.1. The molecule has 0 saturated carbocycles. The van der Waals surface area contributed by atoms with Crippen LogP contribution in [0.4, 0.5) is 0 Å². The second kappa shape index (κ2) is 8.73. The van der Waals surface area contributed by atoms with Gasteiger partial charge in [-0.3, -0.25) is 0 Å². The zero-order valence-electron chi connectivity index (χ0n) is 15.2. The Morgan fingerprint density at radius 3 is 2.38 bits per heavy atom. The van der Waals surface area contributed by atoms with Gasteiger partial charge in [0, 0.05) is 16.8 Å². The highest BCUT2D eigenvalue weighted by molar-refractivity contribution is 9.10. The van der Waals surface area contributed by atoms with Gasteiger partial charge in [0.25, 0.3) is 0 Å². The number of hydrogen-bond acceptors (Lipinski definition) is 4. The van der Waals surface area contributed by atoms with Gasteiger partial charge in [-0.25, -0.2) is 0 Å². The highest BCUT2D eigenvalue weighted by Gasteiger charge is 2.12. The predicted molar refractivity (Wildman–Crippen MR) is 110 cm³/mol. The number of nitrogens with zero attached hydrogens (tertiary/aromatic N) is 3. The van der Waals surface area contributed by atoms with Crippen molar-refractivity contribution in [1.29, 1.82) is 0 Å². The first kappa shape index (κ1) is 19.0. The van der Waals surface area contributed by atoms with E-state index in [-0.39, 0.29) is 0 Å². The molecule has 0 radical (unpaired) electrons. The number of aromatic nitrogens is 3. The Labute approximate surface area is 167 Å². The number of ether oxygens (including phenoxy) is 1. The highest BCUT2D eigenvalue weighted by atomic mass is 79.9. The molecule has 6 heteroatoms. The first-order valence-corrected chi connectivity index (χ1v) is 10.3. The first-order valence-electron chi connectivity index (χ1n) is 8.55. The van der Waals surface area contributed by atoms with E-state index in [0.29, 0.717) is 6.61 Å². The summed E-state index contributed by atoms with van der Waals surface area (Å²) < 4.78 is 9.16. The average molecular weight is 432 g/mol. The summed E-state index contributed by atoms with van der Waals surface area (Å²) in [5.41, 5.74) is 3.65. The van der Waals surface area contributed by atoms with E-state index in [4.69, 9.17) is 4.74 Å². The lowest BCUT2D eigenvalue weighted by Gasteiger charge is -2.10. The Bertz CT molecular complexity index is 857. The third-order valence-corrected chi connectivity index (χ3v) is 5.52. The van der Waals surface area contributed by atoms with Crippen LogP contribution in [0.5, 0.6) is 5.75 Å². The Morgan fingerprint density at radius 1 is 1.04 bits per heavy atom. The molecule has 3 aromatic rings. The molecule has 0 aliphatic heterocycles. The van der Waals surface area contributed by atoms with Crippen LogP contribution in [-0.4, -0.2) is 14.8 Å². The Balaban J connectivity index is 1.66. The Morgan fingerprint density at radius 2 is 1.73 bits per heavy atom. The van der Waals surface area contributed by atoms with E-state index in [1.807, 2.05) is 12.1 Å². The normalized spacial score (nSPS) is 10.9. The van der Waals surface area contributed by atoms with E-state index < -0.39 is 0 Å². The maximum atomic E-state index is 5.95. The van der Waals surface area contributed by atoms with Crippen molar-refractivity contribution < 1.29 is 4.74 Å². The molecule has 3 rings (SSSR count). The van der Waals surface area contributed by atoms with Gasteiger partial charge in [0.2, 0.25) is 0 Å². The maximum Gasteiger partial charge on any atom is 0.191 e. The SMILES string of the molecule is CCn1c(COc2cc(C)cc(C)c2)nnc1SCc1ccc(Br)cc1. The molecule has 2 aromatic carbocycles. The molecule has 0 bridgehead atoms. The minimum absolute atomic E-state index is 0.419. The summed E-state index contributed by atoms with van der Waals surface area (Å²) in [6.45, 7) is 7.49. The van der Waals surface area contributed by atoms with Crippen LogP contribution < -0.4 is 4.74 Å². The van der Waals surface area contributed by atoms with Gasteiger partial charge in [-0.2, -0.15) is 0 Å². The van der Waals surface area contributed by atoms with Crippen LogP contribution in [-0.2, 0) is 18.9 Å². The van der Waals surface area contributed by atoms with Crippen molar-refractivity contribution in [2.45, 2.75) is 44.8 Å². The van der Waals surface area contributed by atoms with E-state index in [2.05, 4.69) is 81.8 Å². The van der Waals surface area contributed by atoms with Crippen molar-refractivity contribution in [2.24, 2.45) is 0 Å². The highest BCUT2D eigenvalue weighted by Crippen LogP contribution is 2.24. The van der Waals surface area contributed by atoms with Crippen LogP contribution in [0.1, 0.15) is 29.4 Å². The van der Waals surface area contributed by atoms with Crippen molar-refractivity contribution in [2.75, 3.05) is 0 Å². The van der Waals surface area contributed by atoms with Crippen LogP contribution in [0.15, 0.2) is 52.1 Å². The molecule has 0 N–H and O–H groups in total. The summed E-state index contributed by atoms with van der Waals surface area (Å²) in [5, 5.41) is 9.61. The van der Waals surface area contributed by atoms with Crippen LogP contribution in [0.3, 0.4) is 0 Å². The van der Waals surface area contributed by atoms with Crippen LogP contribution in [0, 0.1) is 13.8 Å². The molecule has 0 saturated heterocycles. The molecule has 0 unspecified atom stereocenters. The second-order valence-electron chi connectivity index (χ2n) is 6.17. The molecule has 1 heterocycles. The summed E-state index contributed by atoms with van der Waals surface area (Å²) in [7, 11) is 0. The second-order valence-corrected chi connectivity index (χ2v) is 8.03. The molecule has 4 nitrogen and oxygen atoms in total. The van der Waals surface area contributed by atoms with E-state index in [9.17, 15) is 0 Å². The molecular formula is C20H22BrN3OS. The van der Waals surface area contributed by atoms with E-state index in [1.165, 1.54) is 16.7 Å². The number of aryl methyl sites for hydroxylation is 2. The summed E-state index contributed by atoms with van der Waals surface area (Å²) in [6, 6.07) is 14.6. The molecule has 1 aromatic heterocycles. The molecule has 0 fully saturated rings. The Kier molecular flexibility index (Phi) is 6.38. The predicted octanol–water partition coefficient (Wildman–Crippen LogP) is 5.55. The fraction of sp³-hybridized carbons (Fsp3) is 0.300. The maximum absolute atomic E-state index is 5.95. The van der Waals surface area contributed by atoms with E-state index in [0.717, 1.165) is 33.5 Å². The summed E-state index contributed by atoms with van der Waals surface area (Å²) in [5.74, 6) is 2.59. The van der Waals surface area contributed by atoms with Gasteiger partial charge in [0.15, 0.2) is 11.0 Å². The van der Waals surface area contributed by atoms with Crippen LogP contribution >= 0.6 is 27.7 Å². The summed E-state index contributed by atoms with van der Waals surface area (Å²) in [4.78, 5) is 0. The molecule has 136 valence electrons. The Hall–Kier alpha value is -1.79. The number of hydrogen-bond donors (Lipinski definition) is 0. The van der Waals surface area contributed by atoms with Gasteiger partial charge in [0.1, 0.15) is 12.4 Å². The van der Waals surface area contributed by atoms with Gasteiger partial charge < -0.3 is 9.30 Å². The lowest BCUT2D eigenvalue weighted by Crippen LogP contribution is -2.07. The van der Waals surface area contributed by atoms with Crippen molar-refractivity contribution in [1.82, 2.24) is 14.8 Å². The summed E-state index contributed by atoms with van der Waals surface area (Å²) >= 11 is 5.16. The minimum Gasteiger partial charge on any atom is -0.486 e. The van der Waals surface area contributed by atoms with Crippen LogP contribution in [0.25, 0.3) is 0 Å². The average Bonchev–Trinajstić information content (AvgIpc) is 3.00. The number of thioether (sulfide) groups is 1. The van der Waals surface area contributed by atoms with Crippen molar-refractivity contribution in [3.63, 3.8) is 0 Å². The molecule has 0 aliphatic carbocycles. The third-order valence-electron chi connectivity index (χ3n) is 3.95. The van der Waals surface area contributed by atoms with Gasteiger partial charge in [-0.05, 0) is 61.7 Å². The molecule has 0 amide bonds. The van der Waals surface area contributed by atoms with Crippen molar-refractivity contribution in [3.05, 3.63) is 69.5 Å². The summed E-state index contributed by atoms with van der Waals surface area (Å²) in [6.07, 6.45) is 0. The molecule has 26 heavy (non-hydrogen) atoms. The van der Waals surface area contributed by atoms with Crippen LogP contribution in [0.2, 0.25) is 0 Å². The largest absolute Gasteiger partial charge is 0.486 e. The zero-order valence-corrected chi connectivity index (χ0v) is 17.6. The zero-order chi connectivity index (χ0) is 18.5. The minimum atomic E-state index is 0.419. The van der Waals surface area contributed by atoms with Crippen molar-refractivity contribution >= 4 is 27.7 Å². The molecule has 0 spiro atoms. The fourth-order valence-corrected chi connectivity index (χ4v) is 3.98. The number of rotatable bonds is 7. The van der Waals surface area contributed by atoms with E-state index >= 15 is 0 Å². The monoisotopic (exact) mass is 431 g/mol. The van der Waals surface area contributed by atoms with Gasteiger partial charge in [0.05, 0.1) is 0 Å². The molecular weight excluding hydrogens is 410 g/mol. The number of halogens is 1. The quantitative estimate of drug-likeness (QED) is 0.459. The van der Waals surface area contributed by atoms with Gasteiger partial charge in [-0.1, -0.05) is 45.9 Å². The standard InChI is InChI=1S/C20H22BrN3OS/c1-4-24-19(12-25-18-10-14(2)9-15(3)11-18)22-23-20(24)26-13-16-5-7-17(21)8-6-16/h5-11H,4,12-13H2,1-3H3. The first-order chi connectivity index (χ1) is 12.5. The topological polar surface area (TPSA) is 39.9 Å². The van der Waals surface area contributed by atoms with Gasteiger partial charge >= 0.3 is 0 Å². The van der Waals surface area contributed by atoms with Gasteiger partial charge in [-0.15, -0.1) is 10.2 Å². The smallest absolute Gasteiger partial charge is 0.191 e. The molecule has 0 aliphatic rings. The van der Waals surface area contributed by atoms with E-state index in [1.54, 1.807) is 11.8 Å². The lowest BCUT2D eigenvalue weighted by molar-refractivity contribution is 0.288. The fourth-order valence-electron chi connectivity index (χ4n) is 2.74. The molecule has 0 atom stereocenters. The number of benzene rings is 2. The third kappa shape index (κ3) is 4.89. The van der Waals surface area contributed by atoms with Crippen molar-refractivity contribution in [3.8, 4) is 5.75 Å².